The van der Waals surface area contributed by atoms with Crippen LogP contribution in [0.5, 0.6) is 0 Å². The van der Waals surface area contributed by atoms with E-state index in [1.54, 1.807) is 0 Å². The highest BCUT2D eigenvalue weighted by molar-refractivity contribution is 5.81. The van der Waals surface area contributed by atoms with Crippen LogP contribution in [0.2, 0.25) is 0 Å². The summed E-state index contributed by atoms with van der Waals surface area (Å²) < 4.78 is 2.17. The van der Waals surface area contributed by atoms with Crippen LogP contribution in [-0.2, 0) is 11.3 Å². The maximum atomic E-state index is 12.9. The van der Waals surface area contributed by atoms with Crippen LogP contribution < -0.4 is 0 Å². The monoisotopic (exact) mass is 358 g/mol. The fourth-order valence-corrected chi connectivity index (χ4v) is 4.18. The zero-order chi connectivity index (χ0) is 18.2. The number of rotatable bonds is 4. The van der Waals surface area contributed by atoms with E-state index < -0.39 is 0 Å². The van der Waals surface area contributed by atoms with Crippen LogP contribution in [0.4, 0.5) is 0 Å². The topological polar surface area (TPSA) is 53.9 Å². The van der Waals surface area contributed by atoms with Crippen LogP contribution in [-0.4, -0.2) is 31.9 Å². The molecule has 5 nitrogen and oxygen atoms in total. The molecular weight excluding hydrogens is 336 g/mol. The number of nitrogens with zero attached hydrogens (tertiary/aromatic N) is 3. The summed E-state index contributed by atoms with van der Waals surface area (Å²) in [5.41, 5.74) is 3.18. The normalized spacial score (nSPS) is 17.2. The standard InChI is InChI=1S/C22H22N4O/c27-21(12-15-25-14-11-16-6-1-4-9-19(16)25)26-13-5-10-20(26)22-23-17-7-2-3-8-18(17)24-22/h1-4,6-9,11,14,20H,5,10,12-13,15H2,(H,23,24). The number of aryl methyl sites for hydroxylation is 1. The first kappa shape index (κ1) is 16.1. The first-order chi connectivity index (χ1) is 13.3. The average Bonchev–Trinajstić information content (AvgIpc) is 3.43. The van der Waals surface area contributed by atoms with Crippen molar-refractivity contribution in [3.63, 3.8) is 0 Å². The lowest BCUT2D eigenvalue weighted by Crippen LogP contribution is -2.31. The number of aromatic nitrogens is 3. The second kappa shape index (κ2) is 6.58. The maximum Gasteiger partial charge on any atom is 0.224 e. The van der Waals surface area contributed by atoms with Crippen molar-refractivity contribution >= 4 is 27.8 Å². The Bertz CT molecular complexity index is 1080. The Morgan fingerprint density at radius 3 is 2.89 bits per heavy atom. The molecule has 2 aromatic heterocycles. The molecular formula is C22H22N4O. The molecule has 5 heteroatoms. The molecule has 1 N–H and O–H groups in total. The lowest BCUT2D eigenvalue weighted by atomic mass is 10.2. The minimum absolute atomic E-state index is 0.0614. The van der Waals surface area contributed by atoms with E-state index in [2.05, 4.69) is 33.9 Å². The molecule has 1 aliphatic rings. The Morgan fingerprint density at radius 2 is 1.96 bits per heavy atom. The van der Waals surface area contributed by atoms with Crippen LogP contribution in [0.1, 0.15) is 31.1 Å². The van der Waals surface area contributed by atoms with Crippen molar-refractivity contribution in [3.8, 4) is 0 Å². The van der Waals surface area contributed by atoms with Gasteiger partial charge < -0.3 is 14.5 Å². The Balaban J connectivity index is 1.33. The molecule has 4 aromatic rings. The summed E-state index contributed by atoms with van der Waals surface area (Å²) >= 11 is 0. The van der Waals surface area contributed by atoms with Gasteiger partial charge in [0.05, 0.1) is 17.1 Å². The number of fused-ring (bicyclic) bond motifs is 2. The number of H-pyrrole nitrogens is 1. The van der Waals surface area contributed by atoms with Gasteiger partial charge in [-0.2, -0.15) is 0 Å². The molecule has 5 rings (SSSR count). The number of aromatic amines is 1. The number of carbonyl (C=O) groups excluding carboxylic acids is 1. The Kier molecular flexibility index (Phi) is 3.93. The lowest BCUT2D eigenvalue weighted by molar-refractivity contribution is -0.132. The van der Waals surface area contributed by atoms with Gasteiger partial charge in [-0.15, -0.1) is 0 Å². The molecule has 0 spiro atoms. The molecule has 0 bridgehead atoms. The van der Waals surface area contributed by atoms with Gasteiger partial charge in [-0.05, 0) is 42.5 Å². The Hall–Kier alpha value is -3.08. The largest absolute Gasteiger partial charge is 0.347 e. The first-order valence-corrected chi connectivity index (χ1v) is 9.57. The Labute approximate surface area is 157 Å². The third kappa shape index (κ3) is 2.89. The molecule has 136 valence electrons. The SMILES string of the molecule is O=C(CCn1ccc2ccccc21)N1CCCC1c1nc2ccccc2[nH]1. The van der Waals surface area contributed by atoms with E-state index in [1.807, 2.05) is 41.3 Å². The van der Waals surface area contributed by atoms with E-state index >= 15 is 0 Å². The number of hydrogen-bond acceptors (Lipinski definition) is 2. The fourth-order valence-electron chi connectivity index (χ4n) is 4.18. The smallest absolute Gasteiger partial charge is 0.224 e. The number of hydrogen-bond donors (Lipinski definition) is 1. The number of likely N-dealkylation sites (tertiary alicyclic amines) is 1. The van der Waals surface area contributed by atoms with Gasteiger partial charge in [0, 0.05) is 31.2 Å². The summed E-state index contributed by atoms with van der Waals surface area (Å²) in [6.45, 7) is 1.52. The summed E-state index contributed by atoms with van der Waals surface area (Å²) in [6, 6.07) is 18.5. The number of nitrogens with one attached hydrogen (secondary N) is 1. The van der Waals surface area contributed by atoms with Crippen LogP contribution in [0.15, 0.2) is 60.8 Å². The molecule has 1 fully saturated rings. The number of amides is 1. The number of imidazole rings is 1. The van der Waals surface area contributed by atoms with Gasteiger partial charge in [0.15, 0.2) is 0 Å². The average molecular weight is 358 g/mol. The number of carbonyl (C=O) groups is 1. The third-order valence-electron chi connectivity index (χ3n) is 5.54. The number of para-hydroxylation sites is 3. The molecule has 1 amide bonds. The lowest BCUT2D eigenvalue weighted by Gasteiger charge is -2.23. The molecule has 0 radical (unpaired) electrons. The highest BCUT2D eigenvalue weighted by Gasteiger charge is 2.31. The number of benzene rings is 2. The van der Waals surface area contributed by atoms with Gasteiger partial charge in [-0.1, -0.05) is 30.3 Å². The first-order valence-electron chi connectivity index (χ1n) is 9.57. The fraction of sp³-hybridized carbons (Fsp3) is 0.273. The maximum absolute atomic E-state index is 12.9. The molecule has 27 heavy (non-hydrogen) atoms. The van der Waals surface area contributed by atoms with E-state index in [9.17, 15) is 4.79 Å². The van der Waals surface area contributed by atoms with Gasteiger partial charge in [0.25, 0.3) is 0 Å². The molecule has 2 aromatic carbocycles. The van der Waals surface area contributed by atoms with Crippen molar-refractivity contribution in [3.05, 3.63) is 66.6 Å². The van der Waals surface area contributed by atoms with E-state index in [0.717, 1.165) is 36.2 Å². The molecule has 0 aliphatic carbocycles. The van der Waals surface area contributed by atoms with Crippen LogP contribution >= 0.6 is 0 Å². The molecule has 1 atom stereocenters. The van der Waals surface area contributed by atoms with E-state index in [4.69, 9.17) is 4.98 Å². The van der Waals surface area contributed by atoms with Gasteiger partial charge in [-0.25, -0.2) is 4.98 Å². The van der Waals surface area contributed by atoms with Crippen molar-refractivity contribution in [1.29, 1.82) is 0 Å². The zero-order valence-electron chi connectivity index (χ0n) is 15.1. The molecule has 1 unspecified atom stereocenters. The highest BCUT2D eigenvalue weighted by atomic mass is 16.2. The molecule has 3 heterocycles. The molecule has 1 aliphatic heterocycles. The van der Waals surface area contributed by atoms with Crippen molar-refractivity contribution in [2.75, 3.05) is 6.54 Å². The van der Waals surface area contributed by atoms with Crippen LogP contribution in [0.3, 0.4) is 0 Å². The summed E-state index contributed by atoms with van der Waals surface area (Å²) in [7, 11) is 0. The van der Waals surface area contributed by atoms with Gasteiger partial charge in [0.2, 0.25) is 5.91 Å². The van der Waals surface area contributed by atoms with Crippen LogP contribution in [0, 0.1) is 0 Å². The van der Waals surface area contributed by atoms with Crippen molar-refractivity contribution in [2.24, 2.45) is 0 Å². The van der Waals surface area contributed by atoms with Crippen molar-refractivity contribution in [2.45, 2.75) is 31.8 Å². The van der Waals surface area contributed by atoms with Crippen molar-refractivity contribution < 1.29 is 4.79 Å². The predicted molar refractivity (Wildman–Crippen MR) is 106 cm³/mol. The summed E-state index contributed by atoms with van der Waals surface area (Å²) in [4.78, 5) is 23.1. The second-order valence-electron chi connectivity index (χ2n) is 7.20. The quantitative estimate of drug-likeness (QED) is 0.592. The van der Waals surface area contributed by atoms with Gasteiger partial charge >= 0.3 is 0 Å². The molecule has 1 saturated heterocycles. The summed E-state index contributed by atoms with van der Waals surface area (Å²) in [5.74, 6) is 1.12. The van der Waals surface area contributed by atoms with E-state index in [1.165, 1.54) is 10.9 Å². The third-order valence-corrected chi connectivity index (χ3v) is 5.54. The second-order valence-corrected chi connectivity index (χ2v) is 7.20. The Morgan fingerprint density at radius 1 is 1.11 bits per heavy atom. The van der Waals surface area contributed by atoms with Crippen molar-refractivity contribution in [1.82, 2.24) is 19.4 Å². The zero-order valence-corrected chi connectivity index (χ0v) is 15.1. The van der Waals surface area contributed by atoms with Crippen LogP contribution in [0.25, 0.3) is 21.9 Å². The van der Waals surface area contributed by atoms with E-state index in [0.29, 0.717) is 13.0 Å². The van der Waals surface area contributed by atoms with E-state index in [-0.39, 0.29) is 11.9 Å². The predicted octanol–water partition coefficient (Wildman–Crippen LogP) is 4.27. The van der Waals surface area contributed by atoms with Gasteiger partial charge in [0.1, 0.15) is 5.82 Å². The summed E-state index contributed by atoms with van der Waals surface area (Å²) in [6.07, 6.45) is 4.58. The minimum atomic E-state index is 0.0614. The van der Waals surface area contributed by atoms with Gasteiger partial charge in [-0.3, -0.25) is 4.79 Å². The highest BCUT2D eigenvalue weighted by Crippen LogP contribution is 2.32. The summed E-state index contributed by atoms with van der Waals surface area (Å²) in [5, 5.41) is 1.21. The minimum Gasteiger partial charge on any atom is -0.347 e. The molecule has 0 saturated carbocycles.